The number of rotatable bonds is 3. The van der Waals surface area contributed by atoms with Crippen LogP contribution in [0.1, 0.15) is 5.69 Å². The van der Waals surface area contributed by atoms with Gasteiger partial charge in [0.1, 0.15) is 12.8 Å². The molecule has 5 heteroatoms. The zero-order valence-corrected chi connectivity index (χ0v) is 6.67. The molecule has 0 bridgehead atoms. The second-order valence-corrected chi connectivity index (χ2v) is 2.37. The van der Waals surface area contributed by atoms with Gasteiger partial charge in [0.15, 0.2) is 12.0 Å². The maximum atomic E-state index is 10.3. The number of aldehydes is 1. The van der Waals surface area contributed by atoms with E-state index in [1.165, 1.54) is 18.4 Å². The summed E-state index contributed by atoms with van der Waals surface area (Å²) in [6.07, 6.45) is 0.610. The molecule has 0 saturated carbocycles. The van der Waals surface area contributed by atoms with Crippen molar-refractivity contribution < 1.29 is 9.63 Å². The summed E-state index contributed by atoms with van der Waals surface area (Å²) >= 11 is 1.40. The summed E-state index contributed by atoms with van der Waals surface area (Å²) in [6, 6.07) is 0. The van der Waals surface area contributed by atoms with Gasteiger partial charge in [0.25, 0.3) is 0 Å². The van der Waals surface area contributed by atoms with Crippen LogP contribution < -0.4 is 0 Å². The fraction of sp³-hybridized carbons (Fsp3) is 0.167. The zero-order valence-electron chi connectivity index (χ0n) is 5.85. The molecule has 4 nitrogen and oxygen atoms in total. The van der Waals surface area contributed by atoms with E-state index in [1.807, 2.05) is 0 Å². The average molecular weight is 170 g/mol. The maximum absolute atomic E-state index is 10.3. The summed E-state index contributed by atoms with van der Waals surface area (Å²) in [5.74, 6) is 0. The van der Waals surface area contributed by atoms with Gasteiger partial charge in [0.2, 0.25) is 0 Å². The SMILES string of the molecule is CO/N=C(\C=O)c1cscn1. The van der Waals surface area contributed by atoms with Crippen molar-refractivity contribution in [2.24, 2.45) is 5.16 Å². The number of oxime groups is 1. The summed E-state index contributed by atoms with van der Waals surface area (Å²) in [5.41, 5.74) is 2.39. The fourth-order valence-electron chi connectivity index (χ4n) is 0.566. The monoisotopic (exact) mass is 170 g/mol. The molecular formula is C6H6N2O2S. The molecule has 0 atom stereocenters. The van der Waals surface area contributed by atoms with Gasteiger partial charge >= 0.3 is 0 Å². The zero-order chi connectivity index (χ0) is 8.10. The van der Waals surface area contributed by atoms with E-state index in [-0.39, 0.29) is 5.71 Å². The molecule has 0 aliphatic carbocycles. The number of aromatic nitrogens is 1. The standard InChI is InChI=1S/C6H6N2O2S/c1-10-8-5(2-9)6-3-11-4-7-6/h2-4H,1H3/b8-5+. The van der Waals surface area contributed by atoms with Gasteiger partial charge in [-0.25, -0.2) is 4.98 Å². The molecule has 1 rings (SSSR count). The van der Waals surface area contributed by atoms with Crippen LogP contribution in [0.2, 0.25) is 0 Å². The summed E-state index contributed by atoms with van der Waals surface area (Å²) < 4.78 is 0. The Bertz CT molecular complexity index is 256. The van der Waals surface area contributed by atoms with Crippen LogP contribution in [0.5, 0.6) is 0 Å². The summed E-state index contributed by atoms with van der Waals surface area (Å²) in [4.78, 5) is 18.7. The highest BCUT2D eigenvalue weighted by Crippen LogP contribution is 2.01. The number of carbonyl (C=O) groups is 1. The van der Waals surface area contributed by atoms with Gasteiger partial charge in [0, 0.05) is 5.38 Å². The number of carbonyl (C=O) groups excluding carboxylic acids is 1. The van der Waals surface area contributed by atoms with Crippen molar-refractivity contribution in [3.63, 3.8) is 0 Å². The summed E-state index contributed by atoms with van der Waals surface area (Å²) in [5, 5.41) is 5.21. The third kappa shape index (κ3) is 1.84. The number of thiazole rings is 1. The number of hydrogen-bond donors (Lipinski definition) is 0. The van der Waals surface area contributed by atoms with Crippen LogP contribution in [0.15, 0.2) is 16.0 Å². The van der Waals surface area contributed by atoms with Gasteiger partial charge in [0.05, 0.1) is 5.51 Å². The smallest absolute Gasteiger partial charge is 0.174 e. The second kappa shape index (κ2) is 3.82. The van der Waals surface area contributed by atoms with Gasteiger partial charge in [-0.1, -0.05) is 5.16 Å². The van der Waals surface area contributed by atoms with Crippen LogP contribution >= 0.6 is 11.3 Å². The minimum atomic E-state index is 0.216. The molecule has 1 aromatic heterocycles. The van der Waals surface area contributed by atoms with E-state index in [2.05, 4.69) is 15.0 Å². The quantitative estimate of drug-likeness (QED) is 0.381. The Morgan fingerprint density at radius 1 is 1.91 bits per heavy atom. The van der Waals surface area contributed by atoms with Gasteiger partial charge in [-0.3, -0.25) is 4.79 Å². The molecule has 1 heterocycles. The Kier molecular flexibility index (Phi) is 2.74. The lowest BCUT2D eigenvalue weighted by Crippen LogP contribution is -2.02. The van der Waals surface area contributed by atoms with Crippen molar-refractivity contribution in [3.8, 4) is 0 Å². The minimum Gasteiger partial charge on any atom is -0.398 e. The Balaban J connectivity index is 2.88. The molecule has 1 aromatic rings. The van der Waals surface area contributed by atoms with Crippen LogP contribution in [-0.4, -0.2) is 24.1 Å². The molecule has 0 aliphatic rings. The Hall–Kier alpha value is -1.23. The molecule has 0 amide bonds. The van der Waals surface area contributed by atoms with Crippen LogP contribution in [0.4, 0.5) is 0 Å². The lowest BCUT2D eigenvalue weighted by molar-refractivity contribution is -0.102. The van der Waals surface area contributed by atoms with Crippen LogP contribution in [0.3, 0.4) is 0 Å². The molecule has 0 spiro atoms. The third-order valence-electron chi connectivity index (χ3n) is 0.996. The first-order valence-corrected chi connectivity index (χ1v) is 3.77. The highest BCUT2D eigenvalue weighted by Gasteiger charge is 2.03. The highest BCUT2D eigenvalue weighted by atomic mass is 32.1. The summed E-state index contributed by atoms with van der Waals surface area (Å²) in [7, 11) is 1.38. The van der Waals surface area contributed by atoms with E-state index in [0.717, 1.165) is 0 Å². The largest absolute Gasteiger partial charge is 0.398 e. The third-order valence-corrected chi connectivity index (χ3v) is 1.58. The molecule has 0 fully saturated rings. The van der Waals surface area contributed by atoms with Crippen molar-refractivity contribution in [2.75, 3.05) is 7.11 Å². The van der Waals surface area contributed by atoms with Gasteiger partial charge in [-0.05, 0) is 0 Å². The van der Waals surface area contributed by atoms with Crippen molar-refractivity contribution >= 4 is 23.3 Å². The van der Waals surface area contributed by atoms with Crippen molar-refractivity contribution in [1.82, 2.24) is 4.98 Å². The van der Waals surface area contributed by atoms with Crippen molar-refractivity contribution in [1.29, 1.82) is 0 Å². The molecule has 58 valence electrons. The Morgan fingerprint density at radius 2 is 2.73 bits per heavy atom. The summed E-state index contributed by atoms with van der Waals surface area (Å²) in [6.45, 7) is 0. The molecule has 0 saturated heterocycles. The van der Waals surface area contributed by atoms with Crippen LogP contribution in [0, 0.1) is 0 Å². The van der Waals surface area contributed by atoms with Gasteiger partial charge in [-0.2, -0.15) is 0 Å². The van der Waals surface area contributed by atoms with E-state index in [9.17, 15) is 4.79 Å². The first-order chi connectivity index (χ1) is 5.38. The molecule has 0 N–H and O–H groups in total. The molecule has 0 aliphatic heterocycles. The highest BCUT2D eigenvalue weighted by molar-refractivity contribution is 7.07. The number of nitrogens with zero attached hydrogens (tertiary/aromatic N) is 2. The van der Waals surface area contributed by atoms with Gasteiger partial charge in [-0.15, -0.1) is 11.3 Å². The first-order valence-electron chi connectivity index (χ1n) is 2.83. The Morgan fingerprint density at radius 3 is 3.18 bits per heavy atom. The predicted octanol–water partition coefficient (Wildman–Crippen LogP) is 0.693. The van der Waals surface area contributed by atoms with E-state index < -0.39 is 0 Å². The van der Waals surface area contributed by atoms with E-state index >= 15 is 0 Å². The van der Waals surface area contributed by atoms with E-state index in [0.29, 0.717) is 12.0 Å². The second-order valence-electron chi connectivity index (χ2n) is 1.65. The molecule has 0 unspecified atom stereocenters. The minimum absolute atomic E-state index is 0.216. The lowest BCUT2D eigenvalue weighted by Gasteiger charge is -1.90. The average Bonchev–Trinajstić information content (AvgIpc) is 2.52. The van der Waals surface area contributed by atoms with Crippen LogP contribution in [-0.2, 0) is 9.63 Å². The van der Waals surface area contributed by atoms with Crippen molar-refractivity contribution in [3.05, 3.63) is 16.6 Å². The molecular weight excluding hydrogens is 164 g/mol. The fourth-order valence-corrected chi connectivity index (χ4v) is 1.11. The molecule has 0 radical (unpaired) electrons. The number of hydrogen-bond acceptors (Lipinski definition) is 5. The Labute approximate surface area is 67.5 Å². The molecule has 0 aromatic carbocycles. The lowest BCUT2D eigenvalue weighted by atomic mass is 10.3. The van der Waals surface area contributed by atoms with Gasteiger partial charge < -0.3 is 4.84 Å². The molecule has 11 heavy (non-hydrogen) atoms. The topological polar surface area (TPSA) is 51.5 Å². The predicted molar refractivity (Wildman–Crippen MR) is 41.7 cm³/mol. The normalized spacial score (nSPS) is 11.2. The van der Waals surface area contributed by atoms with E-state index in [4.69, 9.17) is 0 Å². The maximum Gasteiger partial charge on any atom is 0.174 e. The van der Waals surface area contributed by atoms with E-state index in [1.54, 1.807) is 10.9 Å². The van der Waals surface area contributed by atoms with Crippen molar-refractivity contribution in [2.45, 2.75) is 0 Å². The first kappa shape index (κ1) is 7.87. The van der Waals surface area contributed by atoms with Crippen LogP contribution in [0.25, 0.3) is 0 Å².